The summed E-state index contributed by atoms with van der Waals surface area (Å²) in [5.74, 6) is 2.01. The van der Waals surface area contributed by atoms with E-state index in [9.17, 15) is 4.79 Å². The van der Waals surface area contributed by atoms with Gasteiger partial charge in [-0.15, -0.1) is 0 Å². The highest BCUT2D eigenvalue weighted by molar-refractivity contribution is 5.66. The number of ether oxygens (including phenoxy) is 2. The summed E-state index contributed by atoms with van der Waals surface area (Å²) in [5, 5.41) is 0. The van der Waals surface area contributed by atoms with Crippen LogP contribution in [0.4, 0.5) is 0 Å². The normalized spacial score (nSPS) is 46.7. The minimum Gasteiger partial charge on any atom is -0.462 e. The van der Waals surface area contributed by atoms with Crippen LogP contribution in [0.1, 0.15) is 127 Å². The molecule has 5 rings (SSSR count). The lowest BCUT2D eigenvalue weighted by Gasteiger charge is -2.62. The molecule has 0 radical (unpaired) electrons. The molecule has 1 saturated heterocycles. The molecule has 0 aromatic carbocycles. The third-order valence-corrected chi connectivity index (χ3v) is 12.6. The van der Waals surface area contributed by atoms with E-state index in [0.717, 1.165) is 18.3 Å². The van der Waals surface area contributed by atoms with Crippen molar-refractivity contribution < 1.29 is 14.3 Å². The number of rotatable bonds is 4. The summed E-state index contributed by atoms with van der Waals surface area (Å²) in [7, 11) is 0. The zero-order valence-corrected chi connectivity index (χ0v) is 24.2. The Kier molecular flexibility index (Phi) is 5.96. The van der Waals surface area contributed by atoms with E-state index in [0.29, 0.717) is 22.9 Å². The Morgan fingerprint density at radius 1 is 0.971 bits per heavy atom. The summed E-state index contributed by atoms with van der Waals surface area (Å²) >= 11 is 0. The predicted octanol–water partition coefficient (Wildman–Crippen LogP) is 8.26. The molecular formula is C32H52O3. The van der Waals surface area contributed by atoms with Gasteiger partial charge in [-0.25, -0.2) is 0 Å². The van der Waals surface area contributed by atoms with E-state index in [-0.39, 0.29) is 28.5 Å². The van der Waals surface area contributed by atoms with Crippen molar-refractivity contribution in [3.8, 4) is 0 Å². The summed E-state index contributed by atoms with van der Waals surface area (Å²) in [5.41, 5.74) is 4.79. The first-order chi connectivity index (χ1) is 16.1. The second kappa shape index (κ2) is 8.08. The second-order valence-electron chi connectivity index (χ2n) is 15.2. The third-order valence-electron chi connectivity index (χ3n) is 12.6. The Labute approximate surface area is 215 Å². The van der Waals surface area contributed by atoms with Gasteiger partial charge in [0.1, 0.15) is 6.10 Å². The zero-order valence-electron chi connectivity index (χ0n) is 24.2. The van der Waals surface area contributed by atoms with Gasteiger partial charge < -0.3 is 9.47 Å². The highest BCUT2D eigenvalue weighted by Gasteiger charge is 2.63. The molecule has 3 nitrogen and oxygen atoms in total. The highest BCUT2D eigenvalue weighted by Crippen LogP contribution is 2.72. The number of carbonyl (C=O) groups is 1. The fourth-order valence-electron chi connectivity index (χ4n) is 10.7. The van der Waals surface area contributed by atoms with E-state index >= 15 is 0 Å². The van der Waals surface area contributed by atoms with Gasteiger partial charge in [0.05, 0.1) is 11.7 Å². The van der Waals surface area contributed by atoms with Crippen LogP contribution in [0.25, 0.3) is 0 Å². The molecule has 4 aliphatic carbocycles. The molecule has 0 amide bonds. The summed E-state index contributed by atoms with van der Waals surface area (Å²) < 4.78 is 12.1. The molecule has 0 N–H and O–H groups in total. The van der Waals surface area contributed by atoms with E-state index in [2.05, 4.69) is 55.4 Å². The molecule has 0 spiro atoms. The van der Waals surface area contributed by atoms with E-state index in [1.165, 1.54) is 57.8 Å². The lowest BCUT2D eigenvalue weighted by Crippen LogP contribution is -2.55. The van der Waals surface area contributed by atoms with Crippen LogP contribution in [0.15, 0.2) is 11.1 Å². The van der Waals surface area contributed by atoms with Gasteiger partial charge in [0.2, 0.25) is 0 Å². The average molecular weight is 485 g/mol. The van der Waals surface area contributed by atoms with Crippen molar-refractivity contribution >= 4 is 5.97 Å². The number of fused-ring (bicyclic) bond motifs is 4. The van der Waals surface area contributed by atoms with Crippen LogP contribution in [-0.4, -0.2) is 23.8 Å². The van der Waals surface area contributed by atoms with E-state index in [1.807, 2.05) is 11.1 Å². The number of hydrogen-bond donors (Lipinski definition) is 0. The van der Waals surface area contributed by atoms with Crippen molar-refractivity contribution in [1.82, 2.24) is 0 Å². The van der Waals surface area contributed by atoms with Crippen LogP contribution >= 0.6 is 0 Å². The number of carbonyl (C=O) groups excluding carboxylic acids is 1. The summed E-state index contributed by atoms with van der Waals surface area (Å²) in [6.07, 6.45) is 13.0. The minimum atomic E-state index is -0.120. The van der Waals surface area contributed by atoms with Crippen molar-refractivity contribution in [2.75, 3.05) is 0 Å². The van der Waals surface area contributed by atoms with Crippen LogP contribution in [0.2, 0.25) is 0 Å². The van der Waals surface area contributed by atoms with Gasteiger partial charge in [0.15, 0.2) is 0 Å². The van der Waals surface area contributed by atoms with Crippen molar-refractivity contribution in [2.45, 2.75) is 144 Å². The minimum absolute atomic E-state index is 0.0299. The summed E-state index contributed by atoms with van der Waals surface area (Å²) in [4.78, 5) is 11.8. The van der Waals surface area contributed by atoms with Gasteiger partial charge in [-0.2, -0.15) is 0 Å². The maximum atomic E-state index is 11.8. The number of allylic oxidation sites excluding steroid dienone is 2. The molecule has 0 aromatic rings. The van der Waals surface area contributed by atoms with Crippen molar-refractivity contribution in [3.63, 3.8) is 0 Å². The fraction of sp³-hybridized carbons (Fsp3) is 0.906. The maximum absolute atomic E-state index is 11.8. The number of esters is 1. The van der Waals surface area contributed by atoms with E-state index in [4.69, 9.17) is 9.47 Å². The van der Waals surface area contributed by atoms with Gasteiger partial charge in [0.25, 0.3) is 0 Å². The van der Waals surface area contributed by atoms with Crippen molar-refractivity contribution in [3.05, 3.63) is 11.1 Å². The molecule has 198 valence electrons. The molecular weight excluding hydrogens is 432 g/mol. The second-order valence-corrected chi connectivity index (χ2v) is 15.2. The van der Waals surface area contributed by atoms with Gasteiger partial charge in [0, 0.05) is 18.8 Å². The lowest BCUT2D eigenvalue weighted by atomic mass is 9.43. The number of hydrogen-bond acceptors (Lipinski definition) is 3. The van der Waals surface area contributed by atoms with Crippen LogP contribution in [-0.2, 0) is 14.3 Å². The molecule has 1 heterocycles. The van der Waals surface area contributed by atoms with Crippen LogP contribution in [0, 0.1) is 39.4 Å². The van der Waals surface area contributed by atoms with Gasteiger partial charge >= 0.3 is 5.97 Å². The first-order valence-electron chi connectivity index (χ1n) is 14.7. The van der Waals surface area contributed by atoms with Crippen molar-refractivity contribution in [1.29, 1.82) is 0 Å². The molecule has 3 heteroatoms. The van der Waals surface area contributed by atoms with E-state index < -0.39 is 0 Å². The Hall–Kier alpha value is -0.830. The van der Waals surface area contributed by atoms with Gasteiger partial charge in [-0.05, 0) is 106 Å². The Balaban J connectivity index is 1.41. The first-order valence-corrected chi connectivity index (χ1v) is 14.7. The Morgan fingerprint density at radius 3 is 2.29 bits per heavy atom. The Bertz CT molecular complexity index is 906. The standard InChI is InChI=1S/C32H52O3/c1-20(18-22-19-28(3,4)35-22)23-12-16-32(9)25-10-11-26-29(5,6)27(34-21(2)33)14-15-30(26,7)24(25)13-17-31(23,32)8/h20,22-23,26-27H,10-19H2,1-9H3/t20-,22?,23-,26?,27+,30-,31-,32+/m1/s1. The SMILES string of the molecule is CC(=O)O[C@H]1CC[C@]2(C)C3=C(CCC2C1(C)C)[C@]1(C)CC[C@H]([C@H](C)CC2CC(C)(C)O2)[C@@]1(C)CC3. The molecule has 0 aromatic heterocycles. The Morgan fingerprint density at radius 2 is 1.66 bits per heavy atom. The van der Waals surface area contributed by atoms with E-state index in [1.54, 1.807) is 6.92 Å². The monoisotopic (exact) mass is 484 g/mol. The van der Waals surface area contributed by atoms with Crippen LogP contribution in [0.5, 0.6) is 0 Å². The van der Waals surface area contributed by atoms with Gasteiger partial charge in [-0.1, -0.05) is 52.7 Å². The van der Waals surface area contributed by atoms with Crippen LogP contribution < -0.4 is 0 Å². The summed E-state index contributed by atoms with van der Waals surface area (Å²) in [6.45, 7) is 21.2. The highest BCUT2D eigenvalue weighted by atomic mass is 16.5. The van der Waals surface area contributed by atoms with Gasteiger partial charge in [-0.3, -0.25) is 4.79 Å². The zero-order chi connectivity index (χ0) is 25.6. The average Bonchev–Trinajstić information content (AvgIpc) is 3.00. The summed E-state index contributed by atoms with van der Waals surface area (Å²) in [6, 6.07) is 0. The van der Waals surface area contributed by atoms with Crippen molar-refractivity contribution in [2.24, 2.45) is 39.4 Å². The smallest absolute Gasteiger partial charge is 0.302 e. The predicted molar refractivity (Wildman–Crippen MR) is 142 cm³/mol. The third kappa shape index (κ3) is 3.71. The molecule has 35 heavy (non-hydrogen) atoms. The molecule has 2 unspecified atom stereocenters. The largest absolute Gasteiger partial charge is 0.462 e. The lowest BCUT2D eigenvalue weighted by molar-refractivity contribution is -0.193. The molecule has 2 saturated carbocycles. The molecule has 3 fully saturated rings. The first kappa shape index (κ1) is 25.8. The molecule has 5 aliphatic rings. The molecule has 8 atom stereocenters. The fourth-order valence-corrected chi connectivity index (χ4v) is 10.7. The maximum Gasteiger partial charge on any atom is 0.302 e. The topological polar surface area (TPSA) is 35.5 Å². The molecule has 1 aliphatic heterocycles. The van der Waals surface area contributed by atoms with Crippen LogP contribution in [0.3, 0.4) is 0 Å². The molecule has 0 bridgehead atoms. The quantitative estimate of drug-likeness (QED) is 0.297.